The third kappa shape index (κ3) is 3.99. The fraction of sp³-hybridized carbons (Fsp3) is 0.467. The average Bonchev–Trinajstić information content (AvgIpc) is 2.71. The Balaban J connectivity index is 0.000000357. The number of aryl methyl sites for hydroxylation is 2. The SMILES string of the molecule is CC(C)C.CCc1nnc(C)n1-c1ccccc1. The predicted molar refractivity (Wildman–Crippen MR) is 76.0 cm³/mol. The summed E-state index contributed by atoms with van der Waals surface area (Å²) >= 11 is 0. The van der Waals surface area contributed by atoms with Crippen LogP contribution in [0.3, 0.4) is 0 Å². The number of benzene rings is 1. The standard InChI is InChI=1S/C11H13N3.C4H10/c1-3-11-13-12-9(2)14(11)10-7-5-4-6-8-10;1-4(2)3/h4-8H,3H2,1-2H3;4H,1-3H3. The van der Waals surface area contributed by atoms with E-state index in [1.807, 2.05) is 25.1 Å². The molecule has 0 unspecified atom stereocenters. The van der Waals surface area contributed by atoms with Crippen molar-refractivity contribution < 1.29 is 0 Å². The third-order valence-corrected chi connectivity index (χ3v) is 2.22. The van der Waals surface area contributed by atoms with Crippen molar-refractivity contribution >= 4 is 0 Å². The molecule has 0 amide bonds. The van der Waals surface area contributed by atoms with Gasteiger partial charge in [-0.3, -0.25) is 4.57 Å². The highest BCUT2D eigenvalue weighted by atomic mass is 15.3. The van der Waals surface area contributed by atoms with Gasteiger partial charge in [0.15, 0.2) is 0 Å². The van der Waals surface area contributed by atoms with E-state index in [9.17, 15) is 0 Å². The molecule has 3 heteroatoms. The number of nitrogens with zero attached hydrogens (tertiary/aromatic N) is 3. The maximum Gasteiger partial charge on any atom is 0.137 e. The fourth-order valence-corrected chi connectivity index (χ4v) is 1.55. The molecule has 0 radical (unpaired) electrons. The van der Waals surface area contributed by atoms with E-state index in [0.717, 1.165) is 29.7 Å². The van der Waals surface area contributed by atoms with Gasteiger partial charge < -0.3 is 0 Å². The molecule has 0 aliphatic heterocycles. The summed E-state index contributed by atoms with van der Waals surface area (Å²) in [7, 11) is 0. The first-order valence-corrected chi connectivity index (χ1v) is 6.52. The van der Waals surface area contributed by atoms with Crippen LogP contribution in [0.15, 0.2) is 30.3 Å². The smallest absolute Gasteiger partial charge is 0.137 e. The van der Waals surface area contributed by atoms with Gasteiger partial charge in [-0.2, -0.15) is 0 Å². The van der Waals surface area contributed by atoms with Crippen LogP contribution in [-0.2, 0) is 6.42 Å². The van der Waals surface area contributed by atoms with Crippen molar-refractivity contribution in [3.05, 3.63) is 42.0 Å². The molecule has 18 heavy (non-hydrogen) atoms. The summed E-state index contributed by atoms with van der Waals surface area (Å²) in [5.41, 5.74) is 1.13. The van der Waals surface area contributed by atoms with Gasteiger partial charge in [-0.25, -0.2) is 0 Å². The van der Waals surface area contributed by atoms with Crippen molar-refractivity contribution in [1.29, 1.82) is 0 Å². The molecule has 1 aromatic heterocycles. The van der Waals surface area contributed by atoms with Gasteiger partial charge >= 0.3 is 0 Å². The van der Waals surface area contributed by atoms with Gasteiger partial charge in [0, 0.05) is 12.1 Å². The quantitative estimate of drug-likeness (QED) is 0.805. The zero-order valence-corrected chi connectivity index (χ0v) is 12.0. The Kier molecular flexibility index (Phi) is 5.56. The highest BCUT2D eigenvalue weighted by molar-refractivity contribution is 5.33. The second-order valence-electron chi connectivity index (χ2n) is 4.92. The fourth-order valence-electron chi connectivity index (χ4n) is 1.55. The van der Waals surface area contributed by atoms with E-state index in [4.69, 9.17) is 0 Å². The Morgan fingerprint density at radius 1 is 1.06 bits per heavy atom. The molecule has 0 saturated heterocycles. The molecule has 0 N–H and O–H groups in total. The molecule has 0 saturated carbocycles. The summed E-state index contributed by atoms with van der Waals surface area (Å²) < 4.78 is 2.08. The van der Waals surface area contributed by atoms with Crippen molar-refractivity contribution in [2.75, 3.05) is 0 Å². The molecule has 0 aliphatic rings. The van der Waals surface area contributed by atoms with E-state index in [0.29, 0.717) is 0 Å². The van der Waals surface area contributed by atoms with Crippen molar-refractivity contribution in [2.45, 2.75) is 41.0 Å². The molecule has 3 nitrogen and oxygen atoms in total. The zero-order valence-electron chi connectivity index (χ0n) is 12.0. The summed E-state index contributed by atoms with van der Waals surface area (Å²) in [5, 5.41) is 8.20. The molecule has 2 aromatic rings. The molecule has 1 aromatic carbocycles. The van der Waals surface area contributed by atoms with Gasteiger partial charge in [-0.1, -0.05) is 45.9 Å². The van der Waals surface area contributed by atoms with Crippen molar-refractivity contribution in [3.8, 4) is 5.69 Å². The lowest BCUT2D eigenvalue weighted by atomic mass is 10.3. The number of para-hydroxylation sites is 1. The maximum absolute atomic E-state index is 4.12. The van der Waals surface area contributed by atoms with Crippen LogP contribution in [0, 0.1) is 12.8 Å². The molecule has 0 spiro atoms. The van der Waals surface area contributed by atoms with Crippen LogP contribution in [0.1, 0.15) is 39.3 Å². The van der Waals surface area contributed by atoms with Crippen molar-refractivity contribution in [3.63, 3.8) is 0 Å². The van der Waals surface area contributed by atoms with Gasteiger partial charge in [-0.05, 0) is 25.0 Å². The van der Waals surface area contributed by atoms with Gasteiger partial charge in [0.25, 0.3) is 0 Å². The zero-order chi connectivity index (χ0) is 13.5. The van der Waals surface area contributed by atoms with Gasteiger partial charge in [0.05, 0.1) is 0 Å². The molecule has 0 aliphatic carbocycles. The summed E-state index contributed by atoms with van der Waals surface area (Å²) in [5.74, 6) is 2.78. The lowest BCUT2D eigenvalue weighted by Gasteiger charge is -2.06. The molecule has 0 atom stereocenters. The van der Waals surface area contributed by atoms with Crippen molar-refractivity contribution in [1.82, 2.24) is 14.8 Å². The van der Waals surface area contributed by atoms with E-state index in [-0.39, 0.29) is 0 Å². The van der Waals surface area contributed by atoms with Crippen LogP contribution in [0.4, 0.5) is 0 Å². The summed E-state index contributed by atoms with van der Waals surface area (Å²) in [4.78, 5) is 0. The molecule has 0 fully saturated rings. The monoisotopic (exact) mass is 245 g/mol. The van der Waals surface area contributed by atoms with Crippen LogP contribution in [0.2, 0.25) is 0 Å². The van der Waals surface area contributed by atoms with E-state index in [1.165, 1.54) is 0 Å². The Morgan fingerprint density at radius 2 is 1.61 bits per heavy atom. The van der Waals surface area contributed by atoms with Crippen LogP contribution < -0.4 is 0 Å². The van der Waals surface area contributed by atoms with E-state index >= 15 is 0 Å². The Bertz CT molecular complexity index is 455. The molecule has 0 bridgehead atoms. The lowest BCUT2D eigenvalue weighted by Crippen LogP contribution is -2.01. The second-order valence-corrected chi connectivity index (χ2v) is 4.92. The van der Waals surface area contributed by atoms with E-state index < -0.39 is 0 Å². The Labute approximate surface area is 110 Å². The minimum Gasteiger partial charge on any atom is -0.283 e. The predicted octanol–water partition coefficient (Wildman–Crippen LogP) is 3.80. The normalized spacial score (nSPS) is 10.1. The van der Waals surface area contributed by atoms with Crippen molar-refractivity contribution in [2.24, 2.45) is 5.92 Å². The Hall–Kier alpha value is -1.64. The highest BCUT2D eigenvalue weighted by Crippen LogP contribution is 2.12. The first-order valence-electron chi connectivity index (χ1n) is 6.52. The molecule has 2 rings (SSSR count). The van der Waals surface area contributed by atoms with Gasteiger partial charge in [0.1, 0.15) is 11.6 Å². The summed E-state index contributed by atoms with van der Waals surface area (Å²) in [6.45, 7) is 10.6. The Morgan fingerprint density at radius 3 is 2.11 bits per heavy atom. The third-order valence-electron chi connectivity index (χ3n) is 2.22. The topological polar surface area (TPSA) is 30.7 Å². The van der Waals surface area contributed by atoms with E-state index in [1.54, 1.807) is 0 Å². The molecular weight excluding hydrogens is 222 g/mol. The number of hydrogen-bond donors (Lipinski definition) is 0. The lowest BCUT2D eigenvalue weighted by molar-refractivity contribution is 0.737. The van der Waals surface area contributed by atoms with Crippen LogP contribution in [-0.4, -0.2) is 14.8 Å². The number of aromatic nitrogens is 3. The molecule has 1 heterocycles. The largest absolute Gasteiger partial charge is 0.283 e. The summed E-state index contributed by atoms with van der Waals surface area (Å²) in [6, 6.07) is 10.2. The molecular formula is C15H23N3. The minimum absolute atomic E-state index is 0.833. The number of hydrogen-bond acceptors (Lipinski definition) is 2. The highest BCUT2D eigenvalue weighted by Gasteiger charge is 2.07. The summed E-state index contributed by atoms with van der Waals surface area (Å²) in [6.07, 6.45) is 0.899. The minimum atomic E-state index is 0.833. The van der Waals surface area contributed by atoms with Gasteiger partial charge in [-0.15, -0.1) is 10.2 Å². The number of rotatable bonds is 2. The first-order chi connectivity index (χ1) is 8.56. The van der Waals surface area contributed by atoms with E-state index in [2.05, 4.69) is 54.6 Å². The van der Waals surface area contributed by atoms with Crippen LogP contribution >= 0.6 is 0 Å². The molecule has 98 valence electrons. The van der Waals surface area contributed by atoms with Crippen LogP contribution in [0.25, 0.3) is 5.69 Å². The average molecular weight is 245 g/mol. The second kappa shape index (κ2) is 6.94. The maximum atomic E-state index is 4.12. The van der Waals surface area contributed by atoms with Crippen LogP contribution in [0.5, 0.6) is 0 Å². The first kappa shape index (κ1) is 14.4. The van der Waals surface area contributed by atoms with Gasteiger partial charge in [0.2, 0.25) is 0 Å².